The number of carboxylic acid groups (broad SMARTS) is 1. The van der Waals surface area contributed by atoms with E-state index < -0.39 is 5.97 Å². The van der Waals surface area contributed by atoms with Gasteiger partial charge in [0.05, 0.1) is 5.57 Å². The molecule has 0 radical (unpaired) electrons. The van der Waals surface area contributed by atoms with Crippen LogP contribution in [-0.2, 0) is 4.79 Å². The molecule has 0 amide bonds. The SMILES string of the molecule is C=C(C(=O)O)c1ccc2c(c1)C=CC(C)(C)O2. The summed E-state index contributed by atoms with van der Waals surface area (Å²) in [5.74, 6) is -0.245. The summed E-state index contributed by atoms with van der Waals surface area (Å²) in [5, 5.41) is 8.87. The highest BCUT2D eigenvalue weighted by Gasteiger charge is 2.22. The Bertz CT molecular complexity index is 524. The Hall–Kier alpha value is -2.03. The minimum atomic E-state index is -1.01. The lowest BCUT2D eigenvalue weighted by molar-refractivity contribution is -0.130. The van der Waals surface area contributed by atoms with Gasteiger partial charge < -0.3 is 9.84 Å². The maximum Gasteiger partial charge on any atom is 0.335 e. The molecule has 3 nitrogen and oxygen atoms in total. The topological polar surface area (TPSA) is 46.5 Å². The standard InChI is InChI=1S/C14H14O3/c1-9(13(15)16)10-4-5-12-11(8-10)6-7-14(2,3)17-12/h4-8H,1H2,2-3H3,(H,15,16). The summed E-state index contributed by atoms with van der Waals surface area (Å²) in [6.07, 6.45) is 3.89. The molecule has 0 bridgehead atoms. The Labute approximate surface area is 100 Å². The first-order valence-electron chi connectivity index (χ1n) is 5.34. The van der Waals surface area contributed by atoms with E-state index in [1.807, 2.05) is 26.0 Å². The maximum atomic E-state index is 10.8. The van der Waals surface area contributed by atoms with Crippen LogP contribution < -0.4 is 4.74 Å². The highest BCUT2D eigenvalue weighted by atomic mass is 16.5. The number of hydrogen-bond donors (Lipinski definition) is 1. The molecule has 0 saturated carbocycles. The van der Waals surface area contributed by atoms with E-state index in [2.05, 4.69) is 6.58 Å². The fraction of sp³-hybridized carbons (Fsp3) is 0.214. The largest absolute Gasteiger partial charge is 0.483 e. The van der Waals surface area contributed by atoms with Crippen molar-refractivity contribution in [2.45, 2.75) is 19.4 Å². The van der Waals surface area contributed by atoms with Gasteiger partial charge in [0, 0.05) is 5.56 Å². The first-order chi connectivity index (χ1) is 7.89. The van der Waals surface area contributed by atoms with Crippen LogP contribution in [0.3, 0.4) is 0 Å². The van der Waals surface area contributed by atoms with E-state index in [1.54, 1.807) is 18.2 Å². The molecule has 0 aliphatic carbocycles. The van der Waals surface area contributed by atoms with Crippen LogP contribution in [0.1, 0.15) is 25.0 Å². The van der Waals surface area contributed by atoms with Gasteiger partial charge in [-0.25, -0.2) is 4.79 Å². The van der Waals surface area contributed by atoms with Crippen LogP contribution in [0.5, 0.6) is 5.75 Å². The first-order valence-corrected chi connectivity index (χ1v) is 5.34. The first kappa shape index (κ1) is 11.5. The molecule has 1 aromatic carbocycles. The van der Waals surface area contributed by atoms with Crippen molar-refractivity contribution in [3.63, 3.8) is 0 Å². The van der Waals surface area contributed by atoms with E-state index >= 15 is 0 Å². The van der Waals surface area contributed by atoms with Crippen LogP contribution in [0, 0.1) is 0 Å². The number of ether oxygens (including phenoxy) is 1. The van der Waals surface area contributed by atoms with Gasteiger partial charge in [-0.3, -0.25) is 0 Å². The zero-order valence-corrected chi connectivity index (χ0v) is 9.86. The minimum Gasteiger partial charge on any atom is -0.483 e. The van der Waals surface area contributed by atoms with Gasteiger partial charge in [-0.1, -0.05) is 18.7 Å². The molecule has 0 unspecified atom stereocenters. The monoisotopic (exact) mass is 230 g/mol. The van der Waals surface area contributed by atoms with Gasteiger partial charge in [0.25, 0.3) is 0 Å². The lowest BCUT2D eigenvalue weighted by Crippen LogP contribution is -2.27. The Kier molecular flexibility index (Phi) is 2.54. The van der Waals surface area contributed by atoms with Gasteiger partial charge in [-0.15, -0.1) is 0 Å². The van der Waals surface area contributed by atoms with Crippen LogP contribution in [0.4, 0.5) is 0 Å². The molecule has 0 aromatic heterocycles. The summed E-state index contributed by atoms with van der Waals surface area (Å²) in [6.45, 7) is 7.48. The molecule has 1 N–H and O–H groups in total. The van der Waals surface area contributed by atoms with E-state index in [0.717, 1.165) is 11.3 Å². The zero-order valence-electron chi connectivity index (χ0n) is 9.86. The summed E-state index contributed by atoms with van der Waals surface area (Å²) in [5.41, 5.74) is 1.25. The lowest BCUT2D eigenvalue weighted by atomic mass is 9.98. The van der Waals surface area contributed by atoms with Crippen LogP contribution in [0.2, 0.25) is 0 Å². The van der Waals surface area contributed by atoms with Crippen molar-refractivity contribution in [1.29, 1.82) is 0 Å². The van der Waals surface area contributed by atoms with E-state index in [-0.39, 0.29) is 11.2 Å². The Balaban J connectivity index is 2.40. The summed E-state index contributed by atoms with van der Waals surface area (Å²) in [7, 11) is 0. The summed E-state index contributed by atoms with van der Waals surface area (Å²) >= 11 is 0. The number of carbonyl (C=O) groups is 1. The van der Waals surface area contributed by atoms with Crippen LogP contribution >= 0.6 is 0 Å². The average molecular weight is 230 g/mol. The molecule has 17 heavy (non-hydrogen) atoms. The number of benzene rings is 1. The minimum absolute atomic E-state index is 0.0889. The second-order valence-electron chi connectivity index (χ2n) is 4.58. The fourth-order valence-corrected chi connectivity index (χ4v) is 1.69. The summed E-state index contributed by atoms with van der Waals surface area (Å²) < 4.78 is 5.75. The van der Waals surface area contributed by atoms with Gasteiger partial charge >= 0.3 is 5.97 Å². The van der Waals surface area contributed by atoms with Crippen molar-refractivity contribution >= 4 is 17.6 Å². The summed E-state index contributed by atoms with van der Waals surface area (Å²) in [4.78, 5) is 10.8. The van der Waals surface area contributed by atoms with Crippen LogP contribution in [-0.4, -0.2) is 16.7 Å². The normalized spacial score (nSPS) is 15.9. The smallest absolute Gasteiger partial charge is 0.335 e. The predicted molar refractivity (Wildman–Crippen MR) is 66.9 cm³/mol. The zero-order chi connectivity index (χ0) is 12.6. The van der Waals surface area contributed by atoms with Crippen molar-refractivity contribution in [2.75, 3.05) is 0 Å². The third-order valence-corrected chi connectivity index (χ3v) is 2.65. The van der Waals surface area contributed by atoms with Crippen LogP contribution in [0.15, 0.2) is 30.9 Å². The number of rotatable bonds is 2. The molecule has 0 spiro atoms. The van der Waals surface area contributed by atoms with Crippen molar-refractivity contribution in [3.8, 4) is 5.75 Å². The van der Waals surface area contributed by atoms with Gasteiger partial charge in [-0.05, 0) is 37.6 Å². The Morgan fingerprint density at radius 3 is 2.76 bits per heavy atom. The molecule has 1 heterocycles. The average Bonchev–Trinajstić information content (AvgIpc) is 2.26. The number of carboxylic acids is 1. The molecular formula is C14H14O3. The molecule has 2 rings (SSSR count). The highest BCUT2D eigenvalue weighted by molar-refractivity contribution is 6.14. The van der Waals surface area contributed by atoms with Crippen molar-refractivity contribution in [3.05, 3.63) is 42.0 Å². The molecular weight excluding hydrogens is 216 g/mol. The van der Waals surface area contributed by atoms with Gasteiger partial charge in [0.1, 0.15) is 11.4 Å². The third kappa shape index (κ3) is 2.23. The second kappa shape index (κ2) is 3.77. The molecule has 1 aliphatic heterocycles. The van der Waals surface area contributed by atoms with Crippen LogP contribution in [0.25, 0.3) is 11.6 Å². The Morgan fingerprint density at radius 1 is 1.41 bits per heavy atom. The summed E-state index contributed by atoms with van der Waals surface area (Å²) in [6, 6.07) is 5.27. The highest BCUT2D eigenvalue weighted by Crippen LogP contribution is 2.32. The van der Waals surface area contributed by atoms with Crippen molar-refractivity contribution in [1.82, 2.24) is 0 Å². The van der Waals surface area contributed by atoms with E-state index in [4.69, 9.17) is 9.84 Å². The molecule has 0 saturated heterocycles. The second-order valence-corrected chi connectivity index (χ2v) is 4.58. The molecule has 0 fully saturated rings. The Morgan fingerprint density at radius 2 is 2.12 bits per heavy atom. The molecule has 88 valence electrons. The van der Waals surface area contributed by atoms with Crippen molar-refractivity contribution < 1.29 is 14.6 Å². The maximum absolute atomic E-state index is 10.8. The van der Waals surface area contributed by atoms with Gasteiger partial charge in [0.2, 0.25) is 0 Å². The molecule has 0 atom stereocenters. The third-order valence-electron chi connectivity index (χ3n) is 2.65. The predicted octanol–water partition coefficient (Wildman–Crippen LogP) is 2.97. The van der Waals surface area contributed by atoms with Gasteiger partial charge in [-0.2, -0.15) is 0 Å². The fourth-order valence-electron chi connectivity index (χ4n) is 1.69. The number of hydrogen-bond acceptors (Lipinski definition) is 2. The molecule has 1 aliphatic rings. The molecule has 3 heteroatoms. The number of fused-ring (bicyclic) bond motifs is 1. The van der Waals surface area contributed by atoms with E-state index in [1.165, 1.54) is 0 Å². The quantitative estimate of drug-likeness (QED) is 0.794. The van der Waals surface area contributed by atoms with Crippen molar-refractivity contribution in [2.24, 2.45) is 0 Å². The molecule has 1 aromatic rings. The van der Waals surface area contributed by atoms with Gasteiger partial charge in [0.15, 0.2) is 0 Å². The lowest BCUT2D eigenvalue weighted by Gasteiger charge is -2.28. The van der Waals surface area contributed by atoms with E-state index in [0.29, 0.717) is 5.56 Å². The number of aliphatic carboxylic acids is 1. The van der Waals surface area contributed by atoms with E-state index in [9.17, 15) is 4.79 Å².